The average molecular weight is 225 g/mol. The molecule has 0 radical (unpaired) electrons. The zero-order valence-corrected chi connectivity index (χ0v) is 10.0. The minimum atomic E-state index is -0.477. The van der Waals surface area contributed by atoms with Crippen LogP contribution in [0.3, 0.4) is 0 Å². The van der Waals surface area contributed by atoms with Crippen molar-refractivity contribution in [3.63, 3.8) is 0 Å². The Morgan fingerprint density at radius 3 is 2.59 bits per heavy atom. The first-order chi connectivity index (χ1) is 8.04. The van der Waals surface area contributed by atoms with Gasteiger partial charge in [-0.15, -0.1) is 0 Å². The summed E-state index contributed by atoms with van der Waals surface area (Å²) in [5, 5.41) is 4.26. The molecule has 0 spiro atoms. The van der Waals surface area contributed by atoms with Gasteiger partial charge in [0.05, 0.1) is 23.0 Å². The molecular weight excluding hydrogens is 210 g/mol. The molecule has 3 heteroatoms. The number of aromatic nitrogens is 2. The van der Waals surface area contributed by atoms with E-state index < -0.39 is 5.54 Å². The van der Waals surface area contributed by atoms with Crippen LogP contribution in [0, 0.1) is 11.8 Å². The number of para-hydroxylation sites is 1. The topological polar surface area (TPSA) is 43.8 Å². The fourth-order valence-electron chi connectivity index (χ4n) is 1.34. The Labute approximate surface area is 101 Å². The molecule has 0 unspecified atom stereocenters. The summed E-state index contributed by atoms with van der Waals surface area (Å²) in [6, 6.07) is 9.93. The van der Waals surface area contributed by atoms with Gasteiger partial charge in [-0.3, -0.25) is 0 Å². The zero-order valence-electron chi connectivity index (χ0n) is 10.0. The lowest BCUT2D eigenvalue weighted by Gasteiger charge is -2.06. The van der Waals surface area contributed by atoms with E-state index in [1.807, 2.05) is 50.4 Å². The molecule has 1 aromatic carbocycles. The molecule has 3 nitrogen and oxygen atoms in total. The summed E-state index contributed by atoms with van der Waals surface area (Å²) in [5.74, 6) is 5.99. The first kappa shape index (κ1) is 11.4. The van der Waals surface area contributed by atoms with Gasteiger partial charge in [0.15, 0.2) is 0 Å². The van der Waals surface area contributed by atoms with Gasteiger partial charge in [0.1, 0.15) is 0 Å². The summed E-state index contributed by atoms with van der Waals surface area (Å²) >= 11 is 0. The van der Waals surface area contributed by atoms with Crippen LogP contribution in [0.2, 0.25) is 0 Å². The molecule has 17 heavy (non-hydrogen) atoms. The number of benzene rings is 1. The van der Waals surface area contributed by atoms with Gasteiger partial charge in [0, 0.05) is 6.20 Å². The largest absolute Gasteiger partial charge is 0.316 e. The highest BCUT2D eigenvalue weighted by Crippen LogP contribution is 2.07. The monoisotopic (exact) mass is 225 g/mol. The van der Waals surface area contributed by atoms with E-state index in [9.17, 15) is 0 Å². The molecular formula is C14H15N3. The Morgan fingerprint density at radius 1 is 1.24 bits per heavy atom. The van der Waals surface area contributed by atoms with E-state index in [2.05, 4.69) is 16.9 Å². The highest BCUT2D eigenvalue weighted by Gasteiger charge is 2.04. The van der Waals surface area contributed by atoms with Crippen LogP contribution in [0.4, 0.5) is 0 Å². The molecule has 86 valence electrons. The van der Waals surface area contributed by atoms with E-state index in [0.29, 0.717) is 0 Å². The Hall–Kier alpha value is -2.05. The van der Waals surface area contributed by atoms with Crippen LogP contribution in [0.1, 0.15) is 19.4 Å². The van der Waals surface area contributed by atoms with E-state index in [1.54, 1.807) is 10.9 Å². The van der Waals surface area contributed by atoms with Crippen molar-refractivity contribution in [2.45, 2.75) is 19.4 Å². The van der Waals surface area contributed by atoms with Gasteiger partial charge in [0.2, 0.25) is 0 Å². The molecule has 0 aliphatic carbocycles. The van der Waals surface area contributed by atoms with Gasteiger partial charge in [0.25, 0.3) is 0 Å². The molecule has 0 saturated carbocycles. The maximum absolute atomic E-state index is 5.80. The number of hydrogen-bond donors (Lipinski definition) is 1. The Kier molecular flexibility index (Phi) is 2.99. The fourth-order valence-corrected chi connectivity index (χ4v) is 1.34. The highest BCUT2D eigenvalue weighted by molar-refractivity contribution is 5.37. The molecule has 1 heterocycles. The smallest absolute Gasteiger partial charge is 0.0722 e. The minimum absolute atomic E-state index is 0.477. The summed E-state index contributed by atoms with van der Waals surface area (Å²) in [6.45, 7) is 3.75. The lowest BCUT2D eigenvalue weighted by Crippen LogP contribution is -2.29. The Bertz CT molecular complexity index is 550. The van der Waals surface area contributed by atoms with E-state index in [1.165, 1.54) is 0 Å². The Balaban J connectivity index is 2.25. The average Bonchev–Trinajstić information content (AvgIpc) is 2.75. The summed E-state index contributed by atoms with van der Waals surface area (Å²) in [4.78, 5) is 0. The third-order valence-corrected chi connectivity index (χ3v) is 2.13. The van der Waals surface area contributed by atoms with Gasteiger partial charge in [-0.2, -0.15) is 5.10 Å². The summed E-state index contributed by atoms with van der Waals surface area (Å²) in [7, 11) is 0. The molecule has 0 saturated heterocycles. The predicted molar refractivity (Wildman–Crippen MR) is 68.7 cm³/mol. The molecule has 0 bridgehead atoms. The number of nitrogens with zero attached hydrogens (tertiary/aromatic N) is 2. The molecule has 2 aromatic rings. The van der Waals surface area contributed by atoms with Crippen LogP contribution in [0.15, 0.2) is 42.7 Å². The molecule has 1 aromatic heterocycles. The number of hydrogen-bond acceptors (Lipinski definition) is 2. The van der Waals surface area contributed by atoms with Crippen LogP contribution < -0.4 is 5.73 Å². The third-order valence-electron chi connectivity index (χ3n) is 2.13. The standard InChI is InChI=1S/C14H15N3/c1-14(2,15)9-8-12-10-16-17(11-12)13-6-4-3-5-7-13/h3-7,10-11H,15H2,1-2H3. The Morgan fingerprint density at radius 2 is 1.94 bits per heavy atom. The van der Waals surface area contributed by atoms with Crippen molar-refractivity contribution in [2.24, 2.45) is 5.73 Å². The third kappa shape index (κ3) is 3.20. The number of nitrogens with two attached hydrogens (primary N) is 1. The molecule has 0 amide bonds. The molecule has 0 fully saturated rings. The van der Waals surface area contributed by atoms with Crippen LogP contribution in [-0.4, -0.2) is 15.3 Å². The van der Waals surface area contributed by atoms with Crippen molar-refractivity contribution >= 4 is 0 Å². The van der Waals surface area contributed by atoms with Crippen molar-refractivity contribution in [2.75, 3.05) is 0 Å². The van der Waals surface area contributed by atoms with Gasteiger partial charge in [-0.1, -0.05) is 30.0 Å². The van der Waals surface area contributed by atoms with Crippen LogP contribution >= 0.6 is 0 Å². The maximum Gasteiger partial charge on any atom is 0.0722 e. The molecule has 0 aliphatic heterocycles. The van der Waals surface area contributed by atoms with Crippen molar-refractivity contribution in [1.29, 1.82) is 0 Å². The SMILES string of the molecule is CC(C)(N)C#Cc1cnn(-c2ccccc2)c1. The van der Waals surface area contributed by atoms with Gasteiger partial charge in [-0.05, 0) is 26.0 Å². The van der Waals surface area contributed by atoms with Gasteiger partial charge in [-0.25, -0.2) is 4.68 Å². The maximum atomic E-state index is 5.80. The second-order valence-electron chi connectivity index (χ2n) is 4.48. The lowest BCUT2D eigenvalue weighted by atomic mass is 10.1. The fraction of sp³-hybridized carbons (Fsp3) is 0.214. The lowest BCUT2D eigenvalue weighted by molar-refractivity contribution is 0.680. The van der Waals surface area contributed by atoms with Crippen LogP contribution in [0.5, 0.6) is 0 Å². The van der Waals surface area contributed by atoms with E-state index in [4.69, 9.17) is 5.73 Å². The summed E-state index contributed by atoms with van der Waals surface area (Å²) in [6.07, 6.45) is 3.64. The quantitative estimate of drug-likeness (QED) is 0.754. The number of rotatable bonds is 1. The highest BCUT2D eigenvalue weighted by atomic mass is 15.3. The van der Waals surface area contributed by atoms with Crippen molar-refractivity contribution in [3.05, 3.63) is 48.3 Å². The summed E-state index contributed by atoms with van der Waals surface area (Å²) in [5.41, 5.74) is 7.21. The van der Waals surface area contributed by atoms with E-state index >= 15 is 0 Å². The van der Waals surface area contributed by atoms with Crippen molar-refractivity contribution in [3.8, 4) is 17.5 Å². The van der Waals surface area contributed by atoms with Crippen LogP contribution in [-0.2, 0) is 0 Å². The van der Waals surface area contributed by atoms with Gasteiger partial charge < -0.3 is 5.73 Å². The van der Waals surface area contributed by atoms with Crippen molar-refractivity contribution < 1.29 is 0 Å². The van der Waals surface area contributed by atoms with Crippen molar-refractivity contribution in [1.82, 2.24) is 9.78 Å². The second kappa shape index (κ2) is 4.44. The first-order valence-electron chi connectivity index (χ1n) is 5.47. The van der Waals surface area contributed by atoms with Crippen LogP contribution in [0.25, 0.3) is 5.69 Å². The molecule has 2 N–H and O–H groups in total. The first-order valence-corrected chi connectivity index (χ1v) is 5.47. The molecule has 0 atom stereocenters. The second-order valence-corrected chi connectivity index (χ2v) is 4.48. The minimum Gasteiger partial charge on any atom is -0.316 e. The molecule has 0 aliphatic rings. The molecule has 2 rings (SSSR count). The van der Waals surface area contributed by atoms with E-state index in [0.717, 1.165) is 11.3 Å². The normalized spacial score (nSPS) is 10.8. The summed E-state index contributed by atoms with van der Waals surface area (Å²) < 4.78 is 1.80. The van der Waals surface area contributed by atoms with E-state index in [-0.39, 0.29) is 0 Å². The van der Waals surface area contributed by atoms with Gasteiger partial charge >= 0.3 is 0 Å². The zero-order chi connectivity index (χ0) is 12.3. The predicted octanol–water partition coefficient (Wildman–Crippen LogP) is 1.96.